The molecular weight excluding hydrogens is 338 g/mol. The van der Waals surface area contributed by atoms with Crippen LogP contribution in [0.25, 0.3) is 0 Å². The summed E-state index contributed by atoms with van der Waals surface area (Å²) in [4.78, 5) is 14.3. The summed E-state index contributed by atoms with van der Waals surface area (Å²) in [6.45, 7) is 12.1. The van der Waals surface area contributed by atoms with Crippen LogP contribution < -0.4 is 15.1 Å². The van der Waals surface area contributed by atoms with E-state index in [0.29, 0.717) is 0 Å². The van der Waals surface area contributed by atoms with E-state index in [4.69, 9.17) is 4.74 Å². The average molecular weight is 367 g/mol. The molecule has 0 aliphatic carbocycles. The molecule has 0 heterocycles. The maximum absolute atomic E-state index is 12.0. The number of carbonyl (C=O) groups excluding carboxylic acids is 1. The van der Waals surface area contributed by atoms with E-state index in [0.717, 1.165) is 41.1 Å². The highest BCUT2D eigenvalue weighted by Crippen LogP contribution is 2.25. The second-order valence-corrected chi connectivity index (χ2v) is 6.50. The van der Waals surface area contributed by atoms with Crippen LogP contribution in [-0.4, -0.2) is 31.8 Å². The van der Waals surface area contributed by atoms with Gasteiger partial charge in [-0.1, -0.05) is 24.3 Å². The van der Waals surface area contributed by atoms with Crippen molar-refractivity contribution in [1.82, 2.24) is 5.43 Å². The van der Waals surface area contributed by atoms with Gasteiger partial charge in [-0.05, 0) is 69.0 Å². The normalized spacial score (nSPS) is 10.9. The van der Waals surface area contributed by atoms with Crippen molar-refractivity contribution in [2.75, 3.05) is 24.6 Å². The van der Waals surface area contributed by atoms with Crippen LogP contribution in [0.1, 0.15) is 36.1 Å². The van der Waals surface area contributed by atoms with Crippen molar-refractivity contribution < 1.29 is 9.53 Å². The Morgan fingerprint density at radius 2 is 1.67 bits per heavy atom. The van der Waals surface area contributed by atoms with E-state index >= 15 is 0 Å². The van der Waals surface area contributed by atoms with Gasteiger partial charge in [-0.2, -0.15) is 5.10 Å². The molecule has 0 spiro atoms. The number of hydrazone groups is 1. The number of hydrogen-bond acceptors (Lipinski definition) is 4. The van der Waals surface area contributed by atoms with Gasteiger partial charge < -0.3 is 9.64 Å². The third kappa shape index (κ3) is 5.58. The van der Waals surface area contributed by atoms with Crippen molar-refractivity contribution >= 4 is 17.8 Å². The number of anilines is 1. The van der Waals surface area contributed by atoms with Gasteiger partial charge >= 0.3 is 0 Å². The largest absolute Gasteiger partial charge is 0.483 e. The lowest BCUT2D eigenvalue weighted by Crippen LogP contribution is -2.25. The second kappa shape index (κ2) is 9.76. The van der Waals surface area contributed by atoms with Crippen LogP contribution in [0.4, 0.5) is 5.69 Å². The van der Waals surface area contributed by atoms with Crippen LogP contribution in [0.2, 0.25) is 0 Å². The number of rotatable bonds is 8. The summed E-state index contributed by atoms with van der Waals surface area (Å²) in [5.74, 6) is 0.479. The summed E-state index contributed by atoms with van der Waals surface area (Å²) < 4.78 is 5.69. The highest BCUT2D eigenvalue weighted by molar-refractivity contribution is 5.83. The first-order valence-electron chi connectivity index (χ1n) is 9.32. The fraction of sp³-hybridized carbons (Fsp3) is 0.364. The Labute approximate surface area is 162 Å². The zero-order chi connectivity index (χ0) is 19.8. The molecule has 2 rings (SSSR count). The molecule has 0 bridgehead atoms. The first-order chi connectivity index (χ1) is 13.0. The zero-order valence-electron chi connectivity index (χ0n) is 16.9. The molecule has 0 fully saturated rings. The summed E-state index contributed by atoms with van der Waals surface area (Å²) in [6, 6.07) is 12.1. The van der Waals surface area contributed by atoms with Crippen LogP contribution in [0, 0.1) is 20.8 Å². The Bertz CT molecular complexity index is 794. The van der Waals surface area contributed by atoms with Gasteiger partial charge in [-0.15, -0.1) is 0 Å². The maximum atomic E-state index is 12.0. The minimum absolute atomic E-state index is 0.0661. The molecule has 5 nitrogen and oxygen atoms in total. The summed E-state index contributed by atoms with van der Waals surface area (Å²) >= 11 is 0. The summed E-state index contributed by atoms with van der Waals surface area (Å²) in [6.07, 6.45) is 1.63. The van der Waals surface area contributed by atoms with Gasteiger partial charge in [0.2, 0.25) is 0 Å². The summed E-state index contributed by atoms with van der Waals surface area (Å²) in [5.41, 5.74) is 7.83. The van der Waals surface area contributed by atoms with Gasteiger partial charge in [0.1, 0.15) is 5.75 Å². The molecule has 0 aromatic heterocycles. The maximum Gasteiger partial charge on any atom is 0.277 e. The average Bonchev–Trinajstić information content (AvgIpc) is 2.67. The quantitative estimate of drug-likeness (QED) is 0.567. The number of nitrogens with zero attached hydrogens (tertiary/aromatic N) is 2. The number of carbonyl (C=O) groups is 1. The molecule has 0 aliphatic heterocycles. The van der Waals surface area contributed by atoms with Gasteiger partial charge in [-0.25, -0.2) is 5.43 Å². The summed E-state index contributed by atoms with van der Waals surface area (Å²) in [7, 11) is 0. The highest BCUT2D eigenvalue weighted by Gasteiger charge is 2.08. The first kappa shape index (κ1) is 20.5. The van der Waals surface area contributed by atoms with Crippen molar-refractivity contribution in [2.24, 2.45) is 5.10 Å². The lowest BCUT2D eigenvalue weighted by molar-refractivity contribution is -0.123. The lowest BCUT2D eigenvalue weighted by Gasteiger charge is -2.20. The minimum atomic E-state index is -0.286. The van der Waals surface area contributed by atoms with Crippen LogP contribution in [0.15, 0.2) is 41.5 Å². The fourth-order valence-electron chi connectivity index (χ4n) is 2.86. The summed E-state index contributed by atoms with van der Waals surface area (Å²) in [5, 5.41) is 4.01. The van der Waals surface area contributed by atoms with Gasteiger partial charge in [-0.3, -0.25) is 4.79 Å². The lowest BCUT2D eigenvalue weighted by atomic mass is 10.1. The highest BCUT2D eigenvalue weighted by atomic mass is 16.5. The monoisotopic (exact) mass is 367 g/mol. The van der Waals surface area contributed by atoms with Crippen LogP contribution >= 0.6 is 0 Å². The Morgan fingerprint density at radius 1 is 1.04 bits per heavy atom. The van der Waals surface area contributed by atoms with E-state index in [2.05, 4.69) is 41.4 Å². The molecule has 144 valence electrons. The number of aryl methyl sites for hydroxylation is 2. The van der Waals surface area contributed by atoms with Crippen molar-refractivity contribution in [3.05, 3.63) is 58.7 Å². The van der Waals surface area contributed by atoms with E-state index in [-0.39, 0.29) is 12.5 Å². The molecule has 27 heavy (non-hydrogen) atoms. The van der Waals surface area contributed by atoms with Crippen molar-refractivity contribution in [2.45, 2.75) is 34.6 Å². The molecule has 0 radical (unpaired) electrons. The fourth-order valence-corrected chi connectivity index (χ4v) is 2.86. The number of benzene rings is 2. The molecule has 0 saturated heterocycles. The smallest absolute Gasteiger partial charge is 0.277 e. The topological polar surface area (TPSA) is 53.9 Å². The third-order valence-electron chi connectivity index (χ3n) is 4.65. The molecule has 1 amide bonds. The van der Waals surface area contributed by atoms with Crippen molar-refractivity contribution in [3.63, 3.8) is 0 Å². The molecule has 0 saturated carbocycles. The minimum Gasteiger partial charge on any atom is -0.483 e. The molecule has 0 aliphatic rings. The predicted molar refractivity (Wildman–Crippen MR) is 112 cm³/mol. The van der Waals surface area contributed by atoms with Crippen LogP contribution in [0.5, 0.6) is 5.75 Å². The van der Waals surface area contributed by atoms with E-state index < -0.39 is 0 Å². The van der Waals surface area contributed by atoms with Crippen LogP contribution in [0.3, 0.4) is 0 Å². The van der Waals surface area contributed by atoms with Crippen molar-refractivity contribution in [1.29, 1.82) is 0 Å². The van der Waals surface area contributed by atoms with E-state index in [1.807, 2.05) is 45.0 Å². The van der Waals surface area contributed by atoms with E-state index in [9.17, 15) is 4.79 Å². The van der Waals surface area contributed by atoms with Crippen molar-refractivity contribution in [3.8, 4) is 5.75 Å². The second-order valence-electron chi connectivity index (χ2n) is 6.50. The van der Waals surface area contributed by atoms with Gasteiger partial charge in [0, 0.05) is 18.8 Å². The molecule has 0 unspecified atom stereocenters. The number of ether oxygens (including phenoxy) is 1. The predicted octanol–water partition coefficient (Wildman–Crippen LogP) is 3.99. The number of hydrogen-bond donors (Lipinski definition) is 1. The van der Waals surface area contributed by atoms with Gasteiger partial charge in [0.25, 0.3) is 5.91 Å². The standard InChI is InChI=1S/C22H29N3O2/c1-6-25(7-2)20-12-10-19(11-13-20)14-23-24-21(26)15-27-22-17(4)9-8-16(3)18(22)5/h8-14H,6-7,15H2,1-5H3,(H,24,26)/b23-14-. The van der Waals surface area contributed by atoms with Gasteiger partial charge in [0.15, 0.2) is 6.61 Å². The molecule has 5 heteroatoms. The molecule has 0 atom stereocenters. The first-order valence-corrected chi connectivity index (χ1v) is 9.32. The molecule has 2 aromatic rings. The Morgan fingerprint density at radius 3 is 2.30 bits per heavy atom. The molecule has 2 aromatic carbocycles. The Balaban J connectivity index is 1.88. The van der Waals surface area contributed by atoms with E-state index in [1.54, 1.807) is 6.21 Å². The Kier molecular flexibility index (Phi) is 7.41. The van der Waals surface area contributed by atoms with Crippen LogP contribution in [-0.2, 0) is 4.79 Å². The SMILES string of the molecule is CCN(CC)c1ccc(/C=N\NC(=O)COc2c(C)ccc(C)c2C)cc1. The van der Waals surface area contributed by atoms with Gasteiger partial charge in [0.05, 0.1) is 6.21 Å². The molecular formula is C22H29N3O2. The van der Waals surface area contributed by atoms with E-state index in [1.165, 1.54) is 5.69 Å². The molecule has 1 N–H and O–H groups in total. The third-order valence-corrected chi connectivity index (χ3v) is 4.65. The number of nitrogens with one attached hydrogen (secondary N) is 1. The Hall–Kier alpha value is -2.82. The zero-order valence-corrected chi connectivity index (χ0v) is 16.9. The number of amides is 1.